The summed E-state index contributed by atoms with van der Waals surface area (Å²) in [5.74, 6) is -1.05. The SMILES string of the molecule is CCOC(=O)Cc1c(C(F)(F)F)[nH]c(C(F)F)cc1=O. The Labute approximate surface area is 109 Å². The third kappa shape index (κ3) is 3.78. The van der Waals surface area contributed by atoms with Gasteiger partial charge < -0.3 is 9.72 Å². The third-order valence-corrected chi connectivity index (χ3v) is 2.30. The standard InChI is InChI=1S/C11H10F5NO3/c1-2-20-8(19)3-5-7(18)4-6(10(12)13)17-9(5)11(14,15)16/h4,10H,2-3H2,1H3,(H,17,18). The van der Waals surface area contributed by atoms with Crippen molar-refractivity contribution in [3.8, 4) is 0 Å². The maximum atomic E-state index is 12.7. The van der Waals surface area contributed by atoms with Crippen molar-refractivity contribution in [2.75, 3.05) is 6.61 Å². The summed E-state index contributed by atoms with van der Waals surface area (Å²) in [7, 11) is 0. The normalized spacial score (nSPS) is 11.8. The fourth-order valence-electron chi connectivity index (χ4n) is 1.50. The number of ether oxygens (including phenoxy) is 1. The number of esters is 1. The minimum absolute atomic E-state index is 0.0762. The van der Waals surface area contributed by atoms with Crippen LogP contribution in [0.15, 0.2) is 10.9 Å². The average Bonchev–Trinajstić information content (AvgIpc) is 2.29. The Hall–Kier alpha value is -1.93. The number of H-pyrrole nitrogens is 1. The number of hydrogen-bond acceptors (Lipinski definition) is 3. The first-order valence-corrected chi connectivity index (χ1v) is 5.43. The zero-order valence-electron chi connectivity index (χ0n) is 10.2. The predicted octanol–water partition coefficient (Wildman–Crippen LogP) is 2.44. The Bertz CT molecular complexity index is 550. The van der Waals surface area contributed by atoms with E-state index >= 15 is 0 Å². The summed E-state index contributed by atoms with van der Waals surface area (Å²) in [5, 5.41) is 0. The summed E-state index contributed by atoms with van der Waals surface area (Å²) in [5.41, 5.74) is -5.05. The fourth-order valence-corrected chi connectivity index (χ4v) is 1.50. The van der Waals surface area contributed by atoms with Gasteiger partial charge in [-0.25, -0.2) is 8.78 Å². The lowest BCUT2D eigenvalue weighted by Crippen LogP contribution is -2.25. The second-order valence-electron chi connectivity index (χ2n) is 3.72. The first-order valence-electron chi connectivity index (χ1n) is 5.43. The van der Waals surface area contributed by atoms with Crippen LogP contribution in [0.25, 0.3) is 0 Å². The summed E-state index contributed by atoms with van der Waals surface area (Å²) in [6.45, 7) is 1.36. The largest absolute Gasteiger partial charge is 0.466 e. The number of aromatic amines is 1. The second kappa shape index (κ2) is 6.02. The van der Waals surface area contributed by atoms with Gasteiger partial charge in [-0.15, -0.1) is 0 Å². The van der Waals surface area contributed by atoms with Gasteiger partial charge in [0.1, 0.15) is 5.69 Å². The summed E-state index contributed by atoms with van der Waals surface area (Å²) >= 11 is 0. The predicted molar refractivity (Wildman–Crippen MR) is 57.4 cm³/mol. The number of rotatable bonds is 4. The minimum Gasteiger partial charge on any atom is -0.466 e. The highest BCUT2D eigenvalue weighted by Gasteiger charge is 2.37. The molecule has 1 aromatic rings. The van der Waals surface area contributed by atoms with Crippen molar-refractivity contribution in [3.05, 3.63) is 33.2 Å². The molecule has 0 aliphatic carbocycles. The molecule has 0 saturated carbocycles. The van der Waals surface area contributed by atoms with Crippen LogP contribution in [-0.2, 0) is 22.1 Å². The summed E-state index contributed by atoms with van der Waals surface area (Å²) < 4.78 is 67.5. The maximum Gasteiger partial charge on any atom is 0.431 e. The van der Waals surface area contributed by atoms with E-state index in [9.17, 15) is 31.5 Å². The molecule has 0 atom stereocenters. The van der Waals surface area contributed by atoms with Crippen LogP contribution < -0.4 is 5.43 Å². The molecule has 1 heterocycles. The van der Waals surface area contributed by atoms with Crippen LogP contribution in [-0.4, -0.2) is 17.6 Å². The van der Waals surface area contributed by atoms with Gasteiger partial charge in [0, 0.05) is 11.6 Å². The van der Waals surface area contributed by atoms with Gasteiger partial charge in [-0.2, -0.15) is 13.2 Å². The molecule has 1 rings (SSSR count). The number of hydrogen-bond donors (Lipinski definition) is 1. The molecule has 4 nitrogen and oxygen atoms in total. The average molecular weight is 299 g/mol. The van der Waals surface area contributed by atoms with E-state index in [1.54, 1.807) is 0 Å². The van der Waals surface area contributed by atoms with E-state index in [1.165, 1.54) is 11.9 Å². The summed E-state index contributed by atoms with van der Waals surface area (Å²) in [4.78, 5) is 24.1. The van der Waals surface area contributed by atoms with Crippen molar-refractivity contribution < 1.29 is 31.5 Å². The molecule has 0 saturated heterocycles. The Balaban J connectivity index is 3.35. The van der Waals surface area contributed by atoms with Gasteiger partial charge in [-0.05, 0) is 6.92 Å². The molecule has 0 aliphatic heterocycles. The Kier molecular flexibility index (Phi) is 4.85. The fraction of sp³-hybridized carbons (Fsp3) is 0.455. The highest BCUT2D eigenvalue weighted by atomic mass is 19.4. The molecule has 0 aliphatic rings. The topological polar surface area (TPSA) is 59.2 Å². The molecule has 0 spiro atoms. The van der Waals surface area contributed by atoms with E-state index in [0.29, 0.717) is 6.07 Å². The van der Waals surface area contributed by atoms with Crippen molar-refractivity contribution in [1.29, 1.82) is 0 Å². The van der Waals surface area contributed by atoms with Crippen LogP contribution in [0.4, 0.5) is 22.0 Å². The maximum absolute atomic E-state index is 12.7. The molecular formula is C11H10F5NO3. The van der Waals surface area contributed by atoms with Crippen molar-refractivity contribution in [3.63, 3.8) is 0 Å². The summed E-state index contributed by atoms with van der Waals surface area (Å²) in [6, 6.07) is 0.342. The van der Waals surface area contributed by atoms with E-state index in [0.717, 1.165) is 0 Å². The van der Waals surface area contributed by atoms with Gasteiger partial charge in [0.25, 0.3) is 6.43 Å². The van der Waals surface area contributed by atoms with Gasteiger partial charge in [-0.3, -0.25) is 9.59 Å². The molecule has 0 unspecified atom stereocenters. The molecule has 0 aromatic carbocycles. The molecular weight excluding hydrogens is 289 g/mol. The quantitative estimate of drug-likeness (QED) is 0.686. The van der Waals surface area contributed by atoms with Gasteiger partial charge in [-0.1, -0.05) is 0 Å². The second-order valence-corrected chi connectivity index (χ2v) is 3.72. The van der Waals surface area contributed by atoms with Crippen molar-refractivity contribution in [2.24, 2.45) is 0 Å². The number of carbonyl (C=O) groups excluding carboxylic acids is 1. The molecule has 0 radical (unpaired) electrons. The number of alkyl halides is 5. The van der Waals surface area contributed by atoms with E-state index in [2.05, 4.69) is 4.74 Å². The highest BCUT2D eigenvalue weighted by molar-refractivity contribution is 5.72. The number of carbonyl (C=O) groups is 1. The highest BCUT2D eigenvalue weighted by Crippen LogP contribution is 2.31. The van der Waals surface area contributed by atoms with Crippen LogP contribution in [0.3, 0.4) is 0 Å². The number of aromatic nitrogens is 1. The minimum atomic E-state index is -5.06. The Morgan fingerprint density at radius 3 is 2.45 bits per heavy atom. The van der Waals surface area contributed by atoms with E-state index < -0.39 is 47.4 Å². The molecule has 0 amide bonds. The first-order chi connectivity index (χ1) is 9.16. The zero-order chi connectivity index (χ0) is 15.5. The van der Waals surface area contributed by atoms with Crippen LogP contribution in [0.1, 0.15) is 30.3 Å². The van der Waals surface area contributed by atoms with E-state index in [4.69, 9.17) is 0 Å². The van der Waals surface area contributed by atoms with Gasteiger partial charge in [0.2, 0.25) is 0 Å². The monoisotopic (exact) mass is 299 g/mol. The van der Waals surface area contributed by atoms with Crippen molar-refractivity contribution >= 4 is 5.97 Å². The van der Waals surface area contributed by atoms with E-state index in [1.807, 2.05) is 0 Å². The van der Waals surface area contributed by atoms with Crippen LogP contribution in [0, 0.1) is 0 Å². The molecule has 1 aromatic heterocycles. The van der Waals surface area contributed by atoms with Crippen LogP contribution in [0.5, 0.6) is 0 Å². The van der Waals surface area contributed by atoms with Crippen molar-refractivity contribution in [1.82, 2.24) is 4.98 Å². The Morgan fingerprint density at radius 2 is 2.00 bits per heavy atom. The number of nitrogens with one attached hydrogen (secondary N) is 1. The lowest BCUT2D eigenvalue weighted by molar-refractivity contribution is -0.144. The molecule has 20 heavy (non-hydrogen) atoms. The summed E-state index contributed by atoms with van der Waals surface area (Å²) in [6.07, 6.45) is -9.27. The van der Waals surface area contributed by atoms with Crippen LogP contribution >= 0.6 is 0 Å². The molecule has 9 heteroatoms. The van der Waals surface area contributed by atoms with E-state index in [-0.39, 0.29) is 6.61 Å². The molecule has 0 fully saturated rings. The molecule has 1 N–H and O–H groups in total. The van der Waals surface area contributed by atoms with Crippen molar-refractivity contribution in [2.45, 2.75) is 25.9 Å². The number of pyridine rings is 1. The number of halogens is 5. The Morgan fingerprint density at radius 1 is 1.40 bits per heavy atom. The molecule has 112 valence electrons. The lowest BCUT2D eigenvalue weighted by atomic mass is 10.1. The third-order valence-electron chi connectivity index (χ3n) is 2.30. The smallest absolute Gasteiger partial charge is 0.431 e. The van der Waals surface area contributed by atoms with Crippen LogP contribution in [0.2, 0.25) is 0 Å². The lowest BCUT2D eigenvalue weighted by Gasteiger charge is -2.13. The van der Waals surface area contributed by atoms with Gasteiger partial charge in [0.05, 0.1) is 18.7 Å². The first kappa shape index (κ1) is 16.1. The molecule has 0 bridgehead atoms. The van der Waals surface area contributed by atoms with Gasteiger partial charge in [0.15, 0.2) is 5.43 Å². The zero-order valence-corrected chi connectivity index (χ0v) is 10.2. The van der Waals surface area contributed by atoms with Gasteiger partial charge >= 0.3 is 12.1 Å².